The lowest BCUT2D eigenvalue weighted by Crippen LogP contribution is -2.61. The molecule has 0 radical (unpaired) electrons. The quantitative estimate of drug-likeness (QED) is 0.420. The van der Waals surface area contributed by atoms with Gasteiger partial charge in [0, 0.05) is 29.7 Å². The van der Waals surface area contributed by atoms with E-state index in [-0.39, 0.29) is 55.1 Å². The Morgan fingerprint density at radius 1 is 1.21 bits per heavy atom. The van der Waals surface area contributed by atoms with Crippen molar-refractivity contribution >= 4 is 34.8 Å². The lowest BCUT2D eigenvalue weighted by atomic mass is 9.46. The largest absolute Gasteiger partial charge is 0.458 e. The van der Waals surface area contributed by atoms with Crippen molar-refractivity contribution < 1.29 is 34.1 Å². The maximum Gasteiger partial charge on any atom is 0.306 e. The number of nitrogens with one attached hydrogen (secondary N) is 1. The summed E-state index contributed by atoms with van der Waals surface area (Å²) in [6.07, 6.45) is 6.94. The monoisotopic (exact) mass is 555 g/mol. The highest BCUT2D eigenvalue weighted by Gasteiger charge is 2.68. The van der Waals surface area contributed by atoms with Gasteiger partial charge >= 0.3 is 5.97 Å². The van der Waals surface area contributed by atoms with Crippen molar-refractivity contribution in [1.82, 2.24) is 5.32 Å². The minimum Gasteiger partial charge on any atom is -0.458 e. The number of Topliss-reactive ketones (excluding diaryl/α,β-unsaturated/α-hetero) is 1. The van der Waals surface area contributed by atoms with Gasteiger partial charge in [-0.1, -0.05) is 25.5 Å². The Hall–Kier alpha value is -2.62. The van der Waals surface area contributed by atoms with Crippen molar-refractivity contribution in [2.24, 2.45) is 28.6 Å². The number of allylic oxidation sites excluding steroid dienone is 4. The number of thiophene rings is 1. The summed E-state index contributed by atoms with van der Waals surface area (Å²) in [5.74, 6) is -1.51. The van der Waals surface area contributed by atoms with Crippen LogP contribution >= 0.6 is 11.3 Å². The highest BCUT2D eigenvalue weighted by atomic mass is 32.1. The van der Waals surface area contributed by atoms with Crippen LogP contribution in [0.25, 0.3) is 0 Å². The third-order valence-corrected chi connectivity index (χ3v) is 10.8. The number of rotatable bonds is 8. The first-order chi connectivity index (χ1) is 18.5. The molecule has 3 saturated carbocycles. The molecule has 210 valence electrons. The van der Waals surface area contributed by atoms with E-state index >= 15 is 0 Å². The number of aliphatic hydroxyl groups is 2. The van der Waals surface area contributed by atoms with Crippen LogP contribution in [0.2, 0.25) is 0 Å². The number of carbonyl (C=O) groups excluding carboxylic acids is 4. The van der Waals surface area contributed by atoms with Gasteiger partial charge in [0.2, 0.25) is 11.7 Å². The predicted octanol–water partition coefficient (Wildman–Crippen LogP) is 3.27. The number of ether oxygens (including phenoxy) is 1. The van der Waals surface area contributed by atoms with Crippen molar-refractivity contribution in [2.75, 3.05) is 6.61 Å². The molecule has 39 heavy (non-hydrogen) atoms. The molecule has 0 saturated heterocycles. The molecule has 4 aliphatic rings. The van der Waals surface area contributed by atoms with Gasteiger partial charge in [-0.15, -0.1) is 0 Å². The van der Waals surface area contributed by atoms with E-state index in [0.717, 1.165) is 24.0 Å². The molecule has 1 aromatic heterocycles. The van der Waals surface area contributed by atoms with Crippen molar-refractivity contribution in [3.8, 4) is 0 Å². The second kappa shape index (κ2) is 10.4. The van der Waals surface area contributed by atoms with Crippen LogP contribution in [0, 0.1) is 28.6 Å². The average Bonchev–Trinajstić information content (AvgIpc) is 3.51. The van der Waals surface area contributed by atoms with Crippen LogP contribution < -0.4 is 5.32 Å². The Balaban J connectivity index is 1.19. The van der Waals surface area contributed by atoms with Crippen LogP contribution in [0.3, 0.4) is 0 Å². The van der Waals surface area contributed by atoms with E-state index in [1.165, 1.54) is 11.3 Å². The SMILES string of the molecule is C[C@]12C=CC(=O)C=C1CC[C@H]1[C@H]2[C@@H](O)C[C@@]2(C)[C@H]1CC[C@@]2(O)C(=O)COC(=O)CCC(=O)NCc1ccsc1. The summed E-state index contributed by atoms with van der Waals surface area (Å²) in [7, 11) is 0. The standard InChI is InChI=1S/C30H37NO7S/c1-28-10-7-20(32)13-19(28)3-4-21-22-8-11-30(37,29(22,2)14-23(33)27(21)28)24(34)16-38-26(36)6-5-25(35)31-15-18-9-12-39-17-18/h7,9-10,12-13,17,21-23,27,33,37H,3-6,8,11,14-16H2,1-2H3,(H,31,35)/t21-,22+,23+,27+,28+,29+,30-/m1/s1. The van der Waals surface area contributed by atoms with Crippen molar-refractivity contribution in [2.45, 2.75) is 77.0 Å². The summed E-state index contributed by atoms with van der Waals surface area (Å²) < 4.78 is 5.20. The molecular weight excluding hydrogens is 518 g/mol. The van der Waals surface area contributed by atoms with E-state index in [9.17, 15) is 29.4 Å². The van der Waals surface area contributed by atoms with Gasteiger partial charge in [-0.05, 0) is 78.5 Å². The second-order valence-electron chi connectivity index (χ2n) is 12.1. The van der Waals surface area contributed by atoms with Gasteiger partial charge in [-0.3, -0.25) is 19.2 Å². The molecule has 0 aromatic carbocycles. The average molecular weight is 556 g/mol. The first kappa shape index (κ1) is 27.9. The Morgan fingerprint density at radius 3 is 2.74 bits per heavy atom. The molecular formula is C30H37NO7S. The van der Waals surface area contributed by atoms with Gasteiger partial charge in [0.15, 0.2) is 12.4 Å². The minimum atomic E-state index is -1.71. The normalized spacial score (nSPS) is 36.8. The van der Waals surface area contributed by atoms with Crippen LogP contribution in [0.4, 0.5) is 0 Å². The molecule has 1 heterocycles. The zero-order chi connectivity index (χ0) is 28.0. The molecule has 1 aromatic rings. The van der Waals surface area contributed by atoms with Gasteiger partial charge < -0.3 is 20.3 Å². The Bertz CT molecular complexity index is 1220. The Labute approximate surface area is 232 Å². The number of carbonyl (C=O) groups is 4. The van der Waals surface area contributed by atoms with Crippen LogP contribution in [0.1, 0.15) is 64.4 Å². The van der Waals surface area contributed by atoms with Crippen molar-refractivity contribution in [3.05, 3.63) is 46.2 Å². The minimum absolute atomic E-state index is 0.0203. The summed E-state index contributed by atoms with van der Waals surface area (Å²) in [4.78, 5) is 49.7. The number of fused-ring (bicyclic) bond motifs is 5. The number of hydrogen-bond acceptors (Lipinski definition) is 8. The lowest BCUT2D eigenvalue weighted by molar-refractivity contribution is -0.181. The Morgan fingerprint density at radius 2 is 2.00 bits per heavy atom. The van der Waals surface area contributed by atoms with E-state index in [0.29, 0.717) is 13.0 Å². The summed E-state index contributed by atoms with van der Waals surface area (Å²) in [6, 6.07) is 1.91. The summed E-state index contributed by atoms with van der Waals surface area (Å²) in [5.41, 5.74) is -0.952. The fourth-order valence-corrected chi connectivity index (χ4v) is 8.69. The molecule has 4 aliphatic carbocycles. The molecule has 0 unspecified atom stereocenters. The maximum absolute atomic E-state index is 13.4. The molecule has 3 fully saturated rings. The van der Waals surface area contributed by atoms with E-state index < -0.39 is 40.9 Å². The summed E-state index contributed by atoms with van der Waals surface area (Å²) in [5, 5.41) is 29.8. The number of amides is 1. The maximum atomic E-state index is 13.4. The van der Waals surface area contributed by atoms with E-state index in [1.54, 1.807) is 12.2 Å². The second-order valence-corrected chi connectivity index (χ2v) is 12.9. The number of hydrogen-bond donors (Lipinski definition) is 3. The Kier molecular flexibility index (Phi) is 7.45. The fraction of sp³-hybridized carbons (Fsp3) is 0.600. The molecule has 0 bridgehead atoms. The molecule has 3 N–H and O–H groups in total. The third kappa shape index (κ3) is 4.83. The zero-order valence-electron chi connectivity index (χ0n) is 22.5. The van der Waals surface area contributed by atoms with E-state index in [1.807, 2.05) is 29.8 Å². The van der Waals surface area contributed by atoms with Crippen LogP contribution in [-0.4, -0.2) is 52.0 Å². The van der Waals surface area contributed by atoms with Gasteiger partial charge in [0.05, 0.1) is 12.5 Å². The predicted molar refractivity (Wildman–Crippen MR) is 144 cm³/mol. The smallest absolute Gasteiger partial charge is 0.306 e. The topological polar surface area (TPSA) is 130 Å². The van der Waals surface area contributed by atoms with Crippen LogP contribution in [0.15, 0.2) is 40.6 Å². The van der Waals surface area contributed by atoms with E-state index in [2.05, 4.69) is 12.2 Å². The van der Waals surface area contributed by atoms with Crippen molar-refractivity contribution in [1.29, 1.82) is 0 Å². The first-order valence-electron chi connectivity index (χ1n) is 13.8. The van der Waals surface area contributed by atoms with E-state index in [4.69, 9.17) is 4.74 Å². The number of ketones is 2. The highest BCUT2D eigenvalue weighted by Crippen LogP contribution is 2.67. The third-order valence-electron chi connectivity index (χ3n) is 10.1. The van der Waals surface area contributed by atoms with Gasteiger partial charge in [0.25, 0.3) is 0 Å². The van der Waals surface area contributed by atoms with Gasteiger partial charge in [-0.2, -0.15) is 11.3 Å². The first-order valence-corrected chi connectivity index (χ1v) is 14.7. The number of esters is 1. The molecule has 1 amide bonds. The summed E-state index contributed by atoms with van der Waals surface area (Å²) in [6.45, 7) is 3.80. The van der Waals surface area contributed by atoms with Gasteiger partial charge in [-0.25, -0.2) is 0 Å². The highest BCUT2D eigenvalue weighted by molar-refractivity contribution is 7.07. The number of aliphatic hydroxyl groups excluding tert-OH is 1. The molecule has 9 heteroatoms. The lowest BCUT2D eigenvalue weighted by Gasteiger charge is -2.59. The van der Waals surface area contributed by atoms with Crippen LogP contribution in [0.5, 0.6) is 0 Å². The van der Waals surface area contributed by atoms with Crippen molar-refractivity contribution in [3.63, 3.8) is 0 Å². The molecule has 0 spiro atoms. The molecule has 8 nitrogen and oxygen atoms in total. The fourth-order valence-electron chi connectivity index (χ4n) is 8.02. The van der Waals surface area contributed by atoms with Crippen LogP contribution in [-0.2, 0) is 30.5 Å². The molecule has 7 atom stereocenters. The molecule has 0 aliphatic heterocycles. The van der Waals surface area contributed by atoms with Gasteiger partial charge in [0.1, 0.15) is 5.60 Å². The zero-order valence-corrected chi connectivity index (χ0v) is 23.3. The summed E-state index contributed by atoms with van der Waals surface area (Å²) >= 11 is 1.54. The molecule has 5 rings (SSSR count).